The van der Waals surface area contributed by atoms with Crippen LogP contribution in [-0.2, 0) is 30.9 Å². The van der Waals surface area contributed by atoms with Gasteiger partial charge < -0.3 is 18.9 Å². The van der Waals surface area contributed by atoms with Crippen LogP contribution in [0.3, 0.4) is 0 Å². The summed E-state index contributed by atoms with van der Waals surface area (Å²) < 4.78 is 28.8. The van der Waals surface area contributed by atoms with E-state index in [-0.39, 0.29) is 43.5 Å². The average Bonchev–Trinajstić information content (AvgIpc) is 3.74. The molecule has 0 saturated carbocycles. The Bertz CT molecular complexity index is 3900. The molecule has 0 aliphatic carbocycles. The first-order valence-corrected chi connectivity index (χ1v) is 23.7. The van der Waals surface area contributed by atoms with E-state index in [1.165, 1.54) is 50.5 Å². The topological polar surface area (TPSA) is 48.7 Å². The van der Waals surface area contributed by atoms with Gasteiger partial charge in [0.2, 0.25) is 0 Å². The maximum absolute atomic E-state index is 12.7. The van der Waals surface area contributed by atoms with Gasteiger partial charge in [0.15, 0.2) is 0 Å². The Morgan fingerprint density at radius 1 is 0.614 bits per heavy atom. The molecule has 8 heteroatoms. The number of imidazole rings is 1. The van der Waals surface area contributed by atoms with E-state index in [1.54, 1.807) is 6.07 Å². The largest absolute Gasteiger partial charge is 0.458 e. The fourth-order valence-electron chi connectivity index (χ4n) is 10.1. The van der Waals surface area contributed by atoms with E-state index < -0.39 is 0 Å². The molecule has 0 N–H and O–H groups in total. The quantitative estimate of drug-likeness (QED) is 0.0983. The molecule has 13 rings (SSSR count). The number of ether oxygens (including phenoxy) is 2. The van der Waals surface area contributed by atoms with Crippen molar-refractivity contribution in [2.45, 2.75) is 66.2 Å². The van der Waals surface area contributed by atoms with E-state index in [4.69, 9.17) is 14.5 Å². The van der Waals surface area contributed by atoms with E-state index in [1.807, 2.05) is 32.2 Å². The minimum Gasteiger partial charge on any atom is -0.458 e. The normalized spacial score (nSPS) is 12.7. The summed E-state index contributed by atoms with van der Waals surface area (Å²) in [5, 5.41) is 5.55. The number of hydrogen-bond donors (Lipinski definition) is 0. The zero-order chi connectivity index (χ0) is 47.5. The van der Waals surface area contributed by atoms with Gasteiger partial charge in [-0.05, 0) is 122 Å². The second-order valence-corrected chi connectivity index (χ2v) is 20.7. The number of benzene rings is 8. The number of para-hydroxylation sites is 1. The molecule has 0 spiro atoms. The van der Waals surface area contributed by atoms with Crippen LogP contribution < -0.4 is 25.9 Å². The van der Waals surface area contributed by atoms with Crippen molar-refractivity contribution >= 4 is 72.2 Å². The molecule has 5 heterocycles. The third-order valence-corrected chi connectivity index (χ3v) is 14.1. The van der Waals surface area contributed by atoms with Gasteiger partial charge in [0.05, 0.1) is 16.7 Å². The van der Waals surface area contributed by atoms with Crippen molar-refractivity contribution in [3.8, 4) is 45.4 Å². The van der Waals surface area contributed by atoms with Crippen LogP contribution in [0.1, 0.15) is 63.8 Å². The molecule has 8 aromatic carbocycles. The fourth-order valence-corrected chi connectivity index (χ4v) is 10.1. The maximum Gasteiger partial charge on any atom is 0.260 e. The first kappa shape index (κ1) is 45.3. The third kappa shape index (κ3) is 7.57. The summed E-state index contributed by atoms with van der Waals surface area (Å²) in [7, 11) is 0. The van der Waals surface area contributed by atoms with Gasteiger partial charge in [-0.1, -0.05) is 119 Å². The van der Waals surface area contributed by atoms with Gasteiger partial charge in [-0.3, -0.25) is 9.37 Å². The van der Waals surface area contributed by atoms with Crippen LogP contribution >= 0.6 is 0 Å². The van der Waals surface area contributed by atoms with Crippen molar-refractivity contribution in [2.75, 3.05) is 0 Å². The number of pyridine rings is 2. The molecule has 0 unspecified atom stereocenters. The molecular weight excluding hydrogens is 1040 g/mol. The minimum atomic E-state index is -0.275. The Morgan fingerprint density at radius 2 is 1.31 bits per heavy atom. The van der Waals surface area contributed by atoms with Crippen LogP contribution in [0.2, 0.25) is 0 Å². The molecule has 0 fully saturated rings. The molecule has 345 valence electrons. The first-order valence-electron chi connectivity index (χ1n) is 23.7. The Kier molecular flexibility index (Phi) is 10.9. The Balaban J connectivity index is 0.000000286. The van der Waals surface area contributed by atoms with Gasteiger partial charge >= 0.3 is 0 Å². The van der Waals surface area contributed by atoms with Crippen LogP contribution in [0, 0.1) is 31.8 Å². The molecule has 3 aromatic heterocycles. The average molecular weight is 1090 g/mol. The van der Waals surface area contributed by atoms with E-state index in [0.717, 1.165) is 94.8 Å². The molecule has 1 radical (unpaired) electrons. The molecule has 0 saturated heterocycles. The zero-order valence-electron chi connectivity index (χ0n) is 40.4. The number of fused-ring (bicyclic) bond motifs is 14. The van der Waals surface area contributed by atoms with E-state index >= 15 is 0 Å². The van der Waals surface area contributed by atoms with Crippen molar-refractivity contribution in [3.05, 3.63) is 192 Å². The van der Waals surface area contributed by atoms with Crippen molar-refractivity contribution in [1.82, 2.24) is 14.4 Å². The number of nitrogens with zero attached hydrogens (tertiary/aromatic N) is 3. The molecule has 2 aliphatic rings. The molecule has 11 aromatic rings. The summed E-state index contributed by atoms with van der Waals surface area (Å²) >= 11 is 0. The molecule has 0 bridgehead atoms. The summed E-state index contributed by atoms with van der Waals surface area (Å²) in [5.41, 5.74) is 16.4. The number of rotatable bonds is 2. The van der Waals surface area contributed by atoms with Gasteiger partial charge in [0.1, 0.15) is 23.0 Å². The van der Waals surface area contributed by atoms with Crippen LogP contribution in [0.5, 0.6) is 23.0 Å². The smallest absolute Gasteiger partial charge is 0.260 e. The second kappa shape index (κ2) is 16.8. The predicted octanol–water partition coefficient (Wildman–Crippen LogP) is 14.0. The first-order chi connectivity index (χ1) is 33.2. The van der Waals surface area contributed by atoms with Gasteiger partial charge in [-0.15, -0.1) is 59.5 Å². The standard InChI is InChI=1S/C49H38BN2O2.C13H11FN.Ir/c1-48(2,3)31-17-21-42-37(26-31)50-38-27-32(49(4,5)6)18-22-43(38)54-46-33-19-15-28(23-30(33)25-44(53-42)45(46)50)29-16-20-39-41(24-29)52-40-14-10-9-12-35(40)34-11-7-8-13-36(34)47(52)51-39;1-9-7-13(15-8-10(9)2)11-3-5-12(14)6-4-11;/h7-12,14-27H,1-6H3;3,5-8H,1-2H3;/q2*-1;. The van der Waals surface area contributed by atoms with Crippen molar-refractivity contribution < 1.29 is 34.0 Å². The fraction of sp³-hybridized carbons (Fsp3) is 0.161. The molecule has 2 aliphatic heterocycles. The predicted molar refractivity (Wildman–Crippen MR) is 283 cm³/mol. The summed E-state index contributed by atoms with van der Waals surface area (Å²) in [6.45, 7) is 17.7. The SMILES string of the molecule is CC(C)(C)c1ccc2c(c1)B1c3cc(C(C)(C)C)ccc3Oc3c1c(cc1cc(-c4ccc5nc6c7[c-]cccc7c7ccccc7n6c5c4)ccc31)O2.Cc1cnc(-c2[c-]cc(F)cc2)cc1C.[Ir]. The minimum absolute atomic E-state index is 0. The van der Waals surface area contributed by atoms with Crippen LogP contribution in [-0.4, -0.2) is 21.1 Å². The van der Waals surface area contributed by atoms with Crippen molar-refractivity contribution in [2.24, 2.45) is 0 Å². The Labute approximate surface area is 421 Å². The van der Waals surface area contributed by atoms with Crippen molar-refractivity contribution in [3.63, 3.8) is 0 Å². The summed E-state index contributed by atoms with van der Waals surface area (Å²) in [6, 6.07) is 56.6. The molecule has 0 atom stereocenters. The molecule has 5 nitrogen and oxygen atoms in total. The summed E-state index contributed by atoms with van der Waals surface area (Å²) in [5.74, 6) is 3.28. The van der Waals surface area contributed by atoms with Gasteiger partial charge in [-0.25, -0.2) is 0 Å². The maximum atomic E-state index is 12.7. The second-order valence-electron chi connectivity index (χ2n) is 20.7. The van der Waals surface area contributed by atoms with Crippen LogP contribution in [0.4, 0.5) is 4.39 Å². The molecule has 70 heavy (non-hydrogen) atoms. The molecular formula is C62H49BFIrN3O2-2. The molecule has 0 amide bonds. The van der Waals surface area contributed by atoms with Crippen LogP contribution in [0.25, 0.3) is 71.5 Å². The summed E-state index contributed by atoms with van der Waals surface area (Å²) in [4.78, 5) is 9.42. The zero-order valence-corrected chi connectivity index (χ0v) is 42.8. The van der Waals surface area contributed by atoms with Gasteiger partial charge in [0.25, 0.3) is 6.71 Å². The van der Waals surface area contributed by atoms with E-state index in [2.05, 4.69) is 178 Å². The Morgan fingerprint density at radius 3 is 2.03 bits per heavy atom. The van der Waals surface area contributed by atoms with Gasteiger partial charge in [-0.2, -0.15) is 0 Å². The monoisotopic (exact) mass is 1090 g/mol. The Hall–Kier alpha value is -7.12. The van der Waals surface area contributed by atoms with E-state index in [0.29, 0.717) is 0 Å². The van der Waals surface area contributed by atoms with E-state index in [9.17, 15) is 4.39 Å². The number of hydrogen-bond acceptors (Lipinski definition) is 4. The van der Waals surface area contributed by atoms with Crippen LogP contribution in [0.15, 0.2) is 152 Å². The summed E-state index contributed by atoms with van der Waals surface area (Å²) in [6.07, 6.45) is 1.82. The number of aryl methyl sites for hydroxylation is 2. The number of aromatic nitrogens is 3. The number of halogens is 1. The van der Waals surface area contributed by atoms with Gasteiger partial charge in [0, 0.05) is 48.5 Å². The van der Waals surface area contributed by atoms with Crippen molar-refractivity contribution in [1.29, 1.82) is 0 Å². The third-order valence-electron chi connectivity index (χ3n) is 14.1.